The number of nitrogens with zero attached hydrogens (tertiary/aromatic N) is 2. The Morgan fingerprint density at radius 1 is 1.37 bits per heavy atom. The second-order valence-corrected chi connectivity index (χ2v) is 6.16. The lowest BCUT2D eigenvalue weighted by Gasteiger charge is -2.21. The molecule has 1 aliphatic rings. The third-order valence-electron chi connectivity index (χ3n) is 3.77. The lowest BCUT2D eigenvalue weighted by atomic mass is 9.89. The van der Waals surface area contributed by atoms with E-state index in [-0.39, 0.29) is 17.4 Å². The van der Waals surface area contributed by atoms with E-state index in [0.717, 1.165) is 51.7 Å². The molecule has 0 aromatic heterocycles. The van der Waals surface area contributed by atoms with E-state index >= 15 is 0 Å². The third kappa shape index (κ3) is 5.61. The van der Waals surface area contributed by atoms with E-state index in [4.69, 9.17) is 5.26 Å². The van der Waals surface area contributed by atoms with Crippen LogP contribution in [-0.2, 0) is 4.79 Å². The van der Waals surface area contributed by atoms with Gasteiger partial charge in [0.1, 0.15) is 0 Å². The molecular formula is C15H27N3O. The van der Waals surface area contributed by atoms with Crippen LogP contribution in [0.3, 0.4) is 0 Å². The molecule has 1 heterocycles. The van der Waals surface area contributed by atoms with E-state index in [1.165, 1.54) is 0 Å². The van der Waals surface area contributed by atoms with E-state index in [2.05, 4.69) is 11.4 Å². The predicted molar refractivity (Wildman–Crippen MR) is 76.5 cm³/mol. The van der Waals surface area contributed by atoms with Crippen molar-refractivity contribution in [1.29, 1.82) is 5.26 Å². The number of nitriles is 1. The van der Waals surface area contributed by atoms with Gasteiger partial charge in [-0.1, -0.05) is 6.42 Å². The van der Waals surface area contributed by atoms with E-state index in [0.29, 0.717) is 0 Å². The second-order valence-electron chi connectivity index (χ2n) is 6.16. The van der Waals surface area contributed by atoms with E-state index < -0.39 is 0 Å². The molecule has 0 saturated carbocycles. The van der Waals surface area contributed by atoms with Crippen LogP contribution < -0.4 is 5.32 Å². The van der Waals surface area contributed by atoms with Crippen LogP contribution in [0.15, 0.2) is 0 Å². The topological polar surface area (TPSA) is 56.1 Å². The number of likely N-dealkylation sites (tertiary alicyclic amines) is 1. The maximum atomic E-state index is 12.0. The molecule has 1 aliphatic heterocycles. The van der Waals surface area contributed by atoms with Crippen molar-refractivity contribution < 1.29 is 4.79 Å². The maximum absolute atomic E-state index is 12.0. The Morgan fingerprint density at radius 3 is 2.58 bits per heavy atom. The fourth-order valence-corrected chi connectivity index (χ4v) is 2.37. The highest BCUT2D eigenvalue weighted by atomic mass is 16.2. The van der Waals surface area contributed by atoms with Crippen molar-refractivity contribution in [3.8, 4) is 6.07 Å². The number of amides is 1. The van der Waals surface area contributed by atoms with Gasteiger partial charge in [-0.05, 0) is 53.0 Å². The number of carbonyl (C=O) groups excluding carboxylic acids is 1. The first-order valence-electron chi connectivity index (χ1n) is 7.40. The van der Waals surface area contributed by atoms with Crippen LogP contribution in [0.2, 0.25) is 0 Å². The molecule has 1 atom stereocenters. The van der Waals surface area contributed by atoms with Crippen molar-refractivity contribution in [2.75, 3.05) is 19.6 Å². The predicted octanol–water partition coefficient (Wildman–Crippen LogP) is 2.31. The SMILES string of the molecule is CC(NCCCCC(C)(C)C#N)C(=O)N1CCCC1. The Hall–Kier alpha value is -1.08. The minimum atomic E-state index is -0.225. The van der Waals surface area contributed by atoms with Gasteiger partial charge in [-0.2, -0.15) is 5.26 Å². The smallest absolute Gasteiger partial charge is 0.239 e. The Labute approximate surface area is 117 Å². The Balaban J connectivity index is 2.12. The highest BCUT2D eigenvalue weighted by molar-refractivity contribution is 5.81. The lowest BCUT2D eigenvalue weighted by Crippen LogP contribution is -2.43. The zero-order chi connectivity index (χ0) is 14.3. The van der Waals surface area contributed by atoms with Crippen LogP contribution in [0.5, 0.6) is 0 Å². The van der Waals surface area contributed by atoms with Gasteiger partial charge in [-0.15, -0.1) is 0 Å². The number of carbonyl (C=O) groups is 1. The van der Waals surface area contributed by atoms with Gasteiger partial charge < -0.3 is 10.2 Å². The fourth-order valence-electron chi connectivity index (χ4n) is 2.37. The highest BCUT2D eigenvalue weighted by Crippen LogP contribution is 2.21. The summed E-state index contributed by atoms with van der Waals surface area (Å²) in [4.78, 5) is 14.0. The minimum Gasteiger partial charge on any atom is -0.341 e. The molecule has 0 bridgehead atoms. The molecule has 1 fully saturated rings. The summed E-state index contributed by atoms with van der Waals surface area (Å²) in [6, 6.07) is 2.23. The molecule has 0 aliphatic carbocycles. The standard InChI is InChI=1S/C15H27N3O/c1-13(14(19)18-10-6-7-11-18)17-9-5-4-8-15(2,3)12-16/h13,17H,4-11H2,1-3H3. The number of rotatable bonds is 7. The first-order valence-corrected chi connectivity index (χ1v) is 7.40. The van der Waals surface area contributed by atoms with Crippen molar-refractivity contribution in [3.63, 3.8) is 0 Å². The summed E-state index contributed by atoms with van der Waals surface area (Å²) in [5.41, 5.74) is -0.225. The Kier molecular flexibility index (Phi) is 6.30. The monoisotopic (exact) mass is 265 g/mol. The van der Waals surface area contributed by atoms with Crippen LogP contribution >= 0.6 is 0 Å². The summed E-state index contributed by atoms with van der Waals surface area (Å²) in [5, 5.41) is 12.2. The first kappa shape index (κ1) is 16.0. The molecular weight excluding hydrogens is 238 g/mol. The molecule has 108 valence electrons. The molecule has 1 N–H and O–H groups in total. The van der Waals surface area contributed by atoms with Crippen molar-refractivity contribution in [1.82, 2.24) is 10.2 Å². The van der Waals surface area contributed by atoms with Gasteiger partial charge in [-0.25, -0.2) is 0 Å². The van der Waals surface area contributed by atoms with Gasteiger partial charge in [0.15, 0.2) is 0 Å². The summed E-state index contributed by atoms with van der Waals surface area (Å²) in [7, 11) is 0. The summed E-state index contributed by atoms with van der Waals surface area (Å²) < 4.78 is 0. The molecule has 1 unspecified atom stereocenters. The minimum absolute atomic E-state index is 0.0814. The quantitative estimate of drug-likeness (QED) is 0.719. The molecule has 0 aromatic rings. The Bertz CT molecular complexity index is 327. The summed E-state index contributed by atoms with van der Waals surface area (Å²) in [5.74, 6) is 0.231. The highest BCUT2D eigenvalue weighted by Gasteiger charge is 2.22. The molecule has 1 rings (SSSR count). The molecule has 19 heavy (non-hydrogen) atoms. The van der Waals surface area contributed by atoms with Gasteiger partial charge in [0.2, 0.25) is 5.91 Å². The molecule has 0 spiro atoms. The molecule has 1 saturated heterocycles. The molecule has 4 heteroatoms. The van der Waals surface area contributed by atoms with Gasteiger partial charge in [-0.3, -0.25) is 4.79 Å². The van der Waals surface area contributed by atoms with Crippen molar-refractivity contribution in [2.45, 2.75) is 58.9 Å². The average molecular weight is 265 g/mol. The molecule has 0 radical (unpaired) electrons. The maximum Gasteiger partial charge on any atom is 0.239 e. The van der Waals surface area contributed by atoms with Crippen LogP contribution in [0, 0.1) is 16.7 Å². The molecule has 4 nitrogen and oxygen atoms in total. The van der Waals surface area contributed by atoms with E-state index in [1.54, 1.807) is 0 Å². The lowest BCUT2D eigenvalue weighted by molar-refractivity contribution is -0.131. The van der Waals surface area contributed by atoms with Crippen molar-refractivity contribution >= 4 is 5.91 Å². The number of nitrogens with one attached hydrogen (secondary N) is 1. The second kappa shape index (κ2) is 7.49. The zero-order valence-corrected chi connectivity index (χ0v) is 12.5. The number of hydrogen-bond acceptors (Lipinski definition) is 3. The third-order valence-corrected chi connectivity index (χ3v) is 3.77. The van der Waals surface area contributed by atoms with E-state index in [9.17, 15) is 4.79 Å². The molecule has 0 aromatic carbocycles. The van der Waals surface area contributed by atoms with Crippen molar-refractivity contribution in [3.05, 3.63) is 0 Å². The summed E-state index contributed by atoms with van der Waals surface area (Å²) in [6.07, 6.45) is 5.24. The number of unbranched alkanes of at least 4 members (excludes halogenated alkanes) is 1. The number of hydrogen-bond donors (Lipinski definition) is 1. The fraction of sp³-hybridized carbons (Fsp3) is 0.867. The first-order chi connectivity index (χ1) is 8.96. The van der Waals surface area contributed by atoms with Gasteiger partial charge in [0, 0.05) is 13.1 Å². The average Bonchev–Trinajstić information content (AvgIpc) is 2.91. The van der Waals surface area contributed by atoms with Crippen LogP contribution in [-0.4, -0.2) is 36.5 Å². The summed E-state index contributed by atoms with van der Waals surface area (Å²) >= 11 is 0. The normalized spacial score (nSPS) is 17.3. The zero-order valence-electron chi connectivity index (χ0n) is 12.5. The largest absolute Gasteiger partial charge is 0.341 e. The van der Waals surface area contributed by atoms with Crippen LogP contribution in [0.1, 0.15) is 52.9 Å². The van der Waals surface area contributed by atoms with Gasteiger partial charge >= 0.3 is 0 Å². The van der Waals surface area contributed by atoms with Crippen molar-refractivity contribution in [2.24, 2.45) is 5.41 Å². The molecule has 1 amide bonds. The van der Waals surface area contributed by atoms with Crippen LogP contribution in [0.4, 0.5) is 0 Å². The van der Waals surface area contributed by atoms with Crippen LogP contribution in [0.25, 0.3) is 0 Å². The Morgan fingerprint density at radius 2 is 2.00 bits per heavy atom. The van der Waals surface area contributed by atoms with Gasteiger partial charge in [0.05, 0.1) is 17.5 Å². The van der Waals surface area contributed by atoms with Gasteiger partial charge in [0.25, 0.3) is 0 Å². The summed E-state index contributed by atoms with van der Waals surface area (Å²) in [6.45, 7) is 8.57. The van der Waals surface area contributed by atoms with E-state index in [1.807, 2.05) is 25.7 Å².